The first-order valence-electron chi connectivity index (χ1n) is 7.76. The molecule has 1 fully saturated rings. The number of nitrogen functional groups attached to an aromatic ring is 1. The Balaban J connectivity index is 2.09. The highest BCUT2D eigenvalue weighted by Gasteiger charge is 2.45. The van der Waals surface area contributed by atoms with Crippen LogP contribution in [0.5, 0.6) is 0 Å². The number of anilines is 1. The molecule has 9 N–H and O–H groups in total. The van der Waals surface area contributed by atoms with Crippen molar-refractivity contribution in [3.8, 4) is 0 Å². The number of thioether (sulfide) groups is 1. The topological polar surface area (TPSA) is 223 Å². The molecule has 3 heterocycles. The second kappa shape index (κ2) is 7.41. The molecule has 27 heavy (non-hydrogen) atoms. The highest BCUT2D eigenvalue weighted by molar-refractivity contribution is 7.99. The first-order valence-corrected chi connectivity index (χ1v) is 8.74. The highest BCUT2D eigenvalue weighted by atomic mass is 32.2. The molecular formula is C13H18N6O7S. The maximum Gasteiger partial charge on any atom is 0.321 e. The molecule has 0 spiro atoms. The van der Waals surface area contributed by atoms with Gasteiger partial charge in [0.1, 0.15) is 24.4 Å². The van der Waals surface area contributed by atoms with Gasteiger partial charge in [0.15, 0.2) is 22.5 Å². The molecule has 5 atom stereocenters. The van der Waals surface area contributed by atoms with Gasteiger partial charge in [0, 0.05) is 5.75 Å². The number of aliphatic carboxylic acids is 1. The van der Waals surface area contributed by atoms with E-state index in [1.54, 1.807) is 0 Å². The van der Waals surface area contributed by atoms with Gasteiger partial charge in [-0.05, 0) is 0 Å². The Morgan fingerprint density at radius 1 is 1.37 bits per heavy atom. The van der Waals surface area contributed by atoms with E-state index in [-0.39, 0.29) is 28.0 Å². The van der Waals surface area contributed by atoms with Gasteiger partial charge >= 0.3 is 5.97 Å². The Hall–Kier alpha value is -2.23. The largest absolute Gasteiger partial charge is 0.480 e. The number of carboxylic acid groups (broad SMARTS) is 1. The van der Waals surface area contributed by atoms with Crippen molar-refractivity contribution in [3.63, 3.8) is 0 Å². The Morgan fingerprint density at radius 3 is 2.67 bits per heavy atom. The minimum Gasteiger partial charge on any atom is -0.480 e. The third kappa shape index (κ3) is 3.50. The first-order chi connectivity index (χ1) is 12.7. The van der Waals surface area contributed by atoms with Crippen LogP contribution in [0.3, 0.4) is 0 Å². The lowest BCUT2D eigenvalue weighted by molar-refractivity contribution is -0.137. The number of ether oxygens (including phenoxy) is 1. The molecule has 0 aliphatic carbocycles. The van der Waals surface area contributed by atoms with Crippen molar-refractivity contribution >= 4 is 34.8 Å². The minimum absolute atomic E-state index is 0.0301. The number of aromatic amines is 1. The number of H-pyrrole nitrogens is 1. The van der Waals surface area contributed by atoms with Crippen LogP contribution in [0.15, 0.2) is 9.95 Å². The SMILES string of the molecule is Nc1nc2c(nc(SC[C@H](N)C(=O)O)n2[C@@H]2O[C@H](CO)[C@@H](O)[C@H]2O)c(=O)[nH]1. The van der Waals surface area contributed by atoms with Crippen LogP contribution in [-0.2, 0) is 9.53 Å². The number of aliphatic hydroxyl groups excluding tert-OH is 3. The Bertz CT molecular complexity index is 916. The summed E-state index contributed by atoms with van der Waals surface area (Å²) in [5, 5.41) is 38.6. The number of hydrogen-bond donors (Lipinski definition) is 7. The predicted molar refractivity (Wildman–Crippen MR) is 91.9 cm³/mol. The smallest absolute Gasteiger partial charge is 0.321 e. The maximum absolute atomic E-state index is 12.1. The second-order valence-corrected chi connectivity index (χ2v) is 6.86. The van der Waals surface area contributed by atoms with Crippen molar-refractivity contribution < 1.29 is 30.0 Å². The number of fused-ring (bicyclic) bond motifs is 1. The molecule has 13 nitrogen and oxygen atoms in total. The molecule has 0 radical (unpaired) electrons. The van der Waals surface area contributed by atoms with Crippen molar-refractivity contribution in [2.24, 2.45) is 5.73 Å². The highest BCUT2D eigenvalue weighted by Crippen LogP contribution is 2.35. The predicted octanol–water partition coefficient (Wildman–Crippen LogP) is -3.18. The molecule has 0 amide bonds. The fourth-order valence-electron chi connectivity index (χ4n) is 2.64. The van der Waals surface area contributed by atoms with Gasteiger partial charge in [-0.1, -0.05) is 11.8 Å². The summed E-state index contributed by atoms with van der Waals surface area (Å²) in [5.74, 6) is -1.53. The summed E-state index contributed by atoms with van der Waals surface area (Å²) in [7, 11) is 0. The van der Waals surface area contributed by atoms with Crippen molar-refractivity contribution in [2.75, 3.05) is 18.1 Å². The van der Waals surface area contributed by atoms with E-state index in [4.69, 9.17) is 21.3 Å². The summed E-state index contributed by atoms with van der Waals surface area (Å²) in [4.78, 5) is 33.5. The van der Waals surface area contributed by atoms with E-state index < -0.39 is 48.7 Å². The van der Waals surface area contributed by atoms with E-state index in [2.05, 4.69) is 15.0 Å². The zero-order chi connectivity index (χ0) is 19.9. The Kier molecular flexibility index (Phi) is 5.36. The molecule has 0 bridgehead atoms. The average molecular weight is 402 g/mol. The average Bonchev–Trinajstić information content (AvgIpc) is 3.10. The van der Waals surface area contributed by atoms with Gasteiger partial charge in [-0.2, -0.15) is 4.98 Å². The van der Waals surface area contributed by atoms with Crippen LogP contribution in [0.1, 0.15) is 6.23 Å². The number of nitrogens with one attached hydrogen (secondary N) is 1. The molecule has 0 aromatic carbocycles. The third-order valence-electron chi connectivity index (χ3n) is 4.02. The van der Waals surface area contributed by atoms with E-state index in [1.165, 1.54) is 4.57 Å². The van der Waals surface area contributed by atoms with Crippen LogP contribution < -0.4 is 17.0 Å². The van der Waals surface area contributed by atoms with Gasteiger partial charge < -0.3 is 36.6 Å². The number of carboxylic acids is 1. The number of imidazole rings is 1. The second-order valence-electron chi connectivity index (χ2n) is 5.87. The number of rotatable bonds is 6. The lowest BCUT2D eigenvalue weighted by Crippen LogP contribution is -2.33. The van der Waals surface area contributed by atoms with Crippen molar-refractivity contribution in [1.82, 2.24) is 19.5 Å². The number of carbonyl (C=O) groups is 1. The molecule has 2 aromatic rings. The molecule has 0 saturated carbocycles. The first kappa shape index (κ1) is 19.5. The molecule has 14 heteroatoms. The molecule has 1 saturated heterocycles. The molecule has 0 unspecified atom stereocenters. The van der Waals surface area contributed by atoms with E-state index in [0.29, 0.717) is 0 Å². The van der Waals surface area contributed by atoms with Crippen LogP contribution in [0.2, 0.25) is 0 Å². The fourth-order valence-corrected chi connectivity index (χ4v) is 3.60. The maximum atomic E-state index is 12.1. The zero-order valence-corrected chi connectivity index (χ0v) is 14.5. The van der Waals surface area contributed by atoms with Gasteiger partial charge in [0.2, 0.25) is 5.95 Å². The van der Waals surface area contributed by atoms with Gasteiger partial charge in [0.05, 0.1) is 6.61 Å². The van der Waals surface area contributed by atoms with Gasteiger partial charge in [-0.3, -0.25) is 19.1 Å². The molecule has 3 rings (SSSR count). The number of aliphatic hydroxyl groups is 3. The lowest BCUT2D eigenvalue weighted by atomic mass is 10.1. The summed E-state index contributed by atoms with van der Waals surface area (Å²) in [5.41, 5.74) is 10.3. The standard InChI is InChI=1S/C13H18N6O7S/c14-3(11(24)25)2-27-13-16-5-8(17-12(15)18-9(5)23)19(13)10-7(22)6(21)4(1-20)26-10/h3-4,6-7,10,20-22H,1-2,14H2,(H,24,25)(H3,15,17,18,23)/t3-,4+,6+,7+,10+/m0/s1. The van der Waals surface area contributed by atoms with E-state index >= 15 is 0 Å². The third-order valence-corrected chi connectivity index (χ3v) is 5.09. The van der Waals surface area contributed by atoms with Crippen molar-refractivity contribution in [3.05, 3.63) is 10.4 Å². The zero-order valence-electron chi connectivity index (χ0n) is 13.7. The summed E-state index contributed by atoms with van der Waals surface area (Å²) in [6, 6.07) is -1.20. The Labute approximate surface area is 155 Å². The van der Waals surface area contributed by atoms with Crippen LogP contribution in [0.4, 0.5) is 5.95 Å². The van der Waals surface area contributed by atoms with Gasteiger partial charge in [0.25, 0.3) is 5.56 Å². The fraction of sp³-hybridized carbons (Fsp3) is 0.538. The quantitative estimate of drug-likeness (QED) is 0.237. The van der Waals surface area contributed by atoms with Crippen molar-refractivity contribution in [2.45, 2.75) is 35.7 Å². The lowest BCUT2D eigenvalue weighted by Gasteiger charge is -2.19. The van der Waals surface area contributed by atoms with Gasteiger partial charge in [-0.25, -0.2) is 4.98 Å². The summed E-state index contributed by atoms with van der Waals surface area (Å²) < 4.78 is 6.71. The number of nitrogens with two attached hydrogens (primary N) is 2. The van der Waals surface area contributed by atoms with Crippen LogP contribution in [0.25, 0.3) is 11.2 Å². The Morgan fingerprint density at radius 2 is 2.07 bits per heavy atom. The molecular weight excluding hydrogens is 384 g/mol. The van der Waals surface area contributed by atoms with E-state index in [1.807, 2.05) is 0 Å². The summed E-state index contributed by atoms with van der Waals surface area (Å²) in [6.45, 7) is -0.552. The van der Waals surface area contributed by atoms with Crippen molar-refractivity contribution in [1.29, 1.82) is 0 Å². The van der Waals surface area contributed by atoms with E-state index in [0.717, 1.165) is 11.8 Å². The molecule has 1 aliphatic heterocycles. The van der Waals surface area contributed by atoms with Crippen LogP contribution in [-0.4, -0.2) is 82.6 Å². The minimum atomic E-state index is -1.46. The molecule has 1 aliphatic rings. The summed E-state index contributed by atoms with van der Waals surface area (Å²) in [6.07, 6.45) is -5.16. The van der Waals surface area contributed by atoms with Crippen LogP contribution in [0, 0.1) is 0 Å². The monoisotopic (exact) mass is 402 g/mol. The molecule has 2 aromatic heterocycles. The van der Waals surface area contributed by atoms with Crippen LogP contribution >= 0.6 is 11.8 Å². The number of hydrogen-bond acceptors (Lipinski definition) is 11. The number of aromatic nitrogens is 4. The van der Waals surface area contributed by atoms with Gasteiger partial charge in [-0.15, -0.1) is 0 Å². The summed E-state index contributed by atoms with van der Waals surface area (Å²) >= 11 is 0.900. The molecule has 148 valence electrons. The number of nitrogens with zero attached hydrogens (tertiary/aromatic N) is 3. The normalized spacial score (nSPS) is 26.5. The van der Waals surface area contributed by atoms with E-state index in [9.17, 15) is 24.9 Å².